The number of hydrogen-bond donors (Lipinski definition) is 4. The zero-order valence-corrected chi connectivity index (χ0v) is 22.9. The molecular formula is C27H37F2N3O5S. The third kappa shape index (κ3) is 5.80. The van der Waals surface area contributed by atoms with Gasteiger partial charge in [0, 0.05) is 35.6 Å². The average Bonchev–Trinajstić information content (AvgIpc) is 3.20. The smallest absolute Gasteiger partial charge is 0.272 e. The number of benzene rings is 1. The lowest BCUT2D eigenvalue weighted by molar-refractivity contribution is -0.0194. The van der Waals surface area contributed by atoms with Crippen molar-refractivity contribution in [2.24, 2.45) is 11.8 Å². The van der Waals surface area contributed by atoms with Gasteiger partial charge in [0.15, 0.2) is 11.6 Å². The quantitative estimate of drug-likeness (QED) is 0.396. The summed E-state index contributed by atoms with van der Waals surface area (Å²) in [5, 5.41) is 22.6. The number of fused-ring (bicyclic) bond motifs is 1. The van der Waals surface area contributed by atoms with E-state index in [0.29, 0.717) is 24.2 Å². The lowest BCUT2D eigenvalue weighted by Gasteiger charge is -2.30. The Hall–Kier alpha value is -2.34. The van der Waals surface area contributed by atoms with Crippen LogP contribution in [0, 0.1) is 30.4 Å². The maximum atomic E-state index is 13.9. The van der Waals surface area contributed by atoms with Gasteiger partial charge >= 0.3 is 0 Å². The Morgan fingerprint density at radius 3 is 2.61 bits per heavy atom. The summed E-state index contributed by atoms with van der Waals surface area (Å²) in [5.41, 5.74) is -0.191. The first kappa shape index (κ1) is 28.7. The molecule has 0 bridgehead atoms. The number of nitrogens with one attached hydrogen (secondary N) is 2. The second-order valence-corrected chi connectivity index (χ2v) is 12.8. The Morgan fingerprint density at radius 2 is 1.92 bits per heavy atom. The third-order valence-electron chi connectivity index (χ3n) is 7.96. The number of halogens is 2. The van der Waals surface area contributed by atoms with Crippen LogP contribution in [-0.4, -0.2) is 47.4 Å². The van der Waals surface area contributed by atoms with Crippen molar-refractivity contribution < 1.29 is 32.2 Å². The van der Waals surface area contributed by atoms with Gasteiger partial charge in [-0.15, -0.1) is 0 Å². The fourth-order valence-electron chi connectivity index (χ4n) is 6.04. The minimum Gasteiger partial charge on any atom is -0.393 e. The summed E-state index contributed by atoms with van der Waals surface area (Å²) < 4.78 is 59.6. The summed E-state index contributed by atoms with van der Waals surface area (Å²) in [6.07, 6.45) is 4.69. The van der Waals surface area contributed by atoms with E-state index >= 15 is 0 Å². The molecule has 210 valence electrons. The van der Waals surface area contributed by atoms with Crippen LogP contribution in [-0.2, 0) is 23.0 Å². The van der Waals surface area contributed by atoms with Gasteiger partial charge in [0.25, 0.3) is 5.91 Å². The number of aliphatic hydroxyl groups is 2. The fourth-order valence-corrected chi connectivity index (χ4v) is 7.96. The van der Waals surface area contributed by atoms with E-state index in [-0.39, 0.29) is 34.5 Å². The van der Waals surface area contributed by atoms with Gasteiger partial charge in [-0.1, -0.05) is 13.3 Å². The Kier molecular flexibility index (Phi) is 8.32. The summed E-state index contributed by atoms with van der Waals surface area (Å²) in [6.45, 7) is 5.16. The molecule has 1 aromatic heterocycles. The van der Waals surface area contributed by atoms with Crippen LogP contribution < -0.4 is 10.0 Å². The van der Waals surface area contributed by atoms with E-state index < -0.39 is 45.8 Å². The molecule has 2 aromatic rings. The first-order valence-corrected chi connectivity index (χ1v) is 14.7. The molecule has 2 heterocycles. The predicted molar refractivity (Wildman–Crippen MR) is 139 cm³/mol. The van der Waals surface area contributed by atoms with Crippen LogP contribution in [0.25, 0.3) is 0 Å². The Balaban J connectivity index is 1.70. The van der Waals surface area contributed by atoms with Gasteiger partial charge < -0.3 is 20.1 Å². The van der Waals surface area contributed by atoms with Crippen LogP contribution in [0.4, 0.5) is 14.5 Å². The molecule has 8 nitrogen and oxygen atoms in total. The first-order chi connectivity index (χ1) is 17.8. The minimum absolute atomic E-state index is 0.0296. The molecule has 4 atom stereocenters. The number of carbonyl (C=O) groups excluding carboxylic acids is 1. The van der Waals surface area contributed by atoms with E-state index in [1.165, 1.54) is 13.0 Å². The number of aromatic nitrogens is 1. The van der Waals surface area contributed by atoms with Crippen molar-refractivity contribution in [2.45, 2.75) is 88.8 Å². The van der Waals surface area contributed by atoms with E-state index in [2.05, 4.69) is 10.0 Å². The van der Waals surface area contributed by atoms with Crippen LogP contribution in [0.3, 0.4) is 0 Å². The lowest BCUT2D eigenvalue weighted by atomic mass is 9.88. The number of aliphatic hydroxyl groups excluding tert-OH is 1. The molecule has 11 heteroatoms. The summed E-state index contributed by atoms with van der Waals surface area (Å²) in [5.74, 6) is -2.85. The van der Waals surface area contributed by atoms with Gasteiger partial charge in [0.05, 0.1) is 12.2 Å². The highest BCUT2D eigenvalue weighted by atomic mass is 32.2. The Morgan fingerprint density at radius 1 is 1.18 bits per heavy atom. The molecular weight excluding hydrogens is 516 g/mol. The summed E-state index contributed by atoms with van der Waals surface area (Å²) in [4.78, 5) is 13.5. The monoisotopic (exact) mass is 553 g/mol. The lowest BCUT2D eigenvalue weighted by Crippen LogP contribution is -2.44. The molecule has 4 unspecified atom stereocenters. The normalized spacial score (nSPS) is 23.5. The molecule has 38 heavy (non-hydrogen) atoms. The molecule has 4 N–H and O–H groups in total. The van der Waals surface area contributed by atoms with Crippen molar-refractivity contribution in [1.82, 2.24) is 9.29 Å². The maximum Gasteiger partial charge on any atom is 0.272 e. The number of carbonyl (C=O) groups is 1. The largest absolute Gasteiger partial charge is 0.393 e. The molecule has 1 aliphatic carbocycles. The van der Waals surface area contributed by atoms with Crippen molar-refractivity contribution in [2.75, 3.05) is 11.9 Å². The molecule has 2 aliphatic rings. The number of hydrogen-bond acceptors (Lipinski definition) is 5. The maximum absolute atomic E-state index is 13.9. The van der Waals surface area contributed by atoms with Crippen molar-refractivity contribution in [3.05, 3.63) is 46.8 Å². The second kappa shape index (κ2) is 11.0. The van der Waals surface area contributed by atoms with Crippen molar-refractivity contribution in [1.29, 1.82) is 0 Å². The predicted octanol–water partition coefficient (Wildman–Crippen LogP) is 3.88. The summed E-state index contributed by atoms with van der Waals surface area (Å²) in [7, 11) is -4.06. The number of amides is 1. The summed E-state index contributed by atoms with van der Waals surface area (Å²) >= 11 is 0. The number of nitrogens with zero attached hydrogens (tertiary/aromatic N) is 1. The van der Waals surface area contributed by atoms with Crippen LogP contribution >= 0.6 is 0 Å². The number of anilines is 1. The van der Waals surface area contributed by atoms with Gasteiger partial charge in [-0.25, -0.2) is 21.9 Å². The highest BCUT2D eigenvalue weighted by Gasteiger charge is 2.41. The molecule has 0 spiro atoms. The Labute approximate surface area is 222 Å². The molecule has 4 rings (SSSR count). The highest BCUT2D eigenvalue weighted by Crippen LogP contribution is 2.38. The highest BCUT2D eigenvalue weighted by molar-refractivity contribution is 7.89. The van der Waals surface area contributed by atoms with Crippen molar-refractivity contribution >= 4 is 21.6 Å². The van der Waals surface area contributed by atoms with Crippen molar-refractivity contribution in [3.63, 3.8) is 0 Å². The zero-order valence-electron chi connectivity index (χ0n) is 22.1. The zero-order chi connectivity index (χ0) is 27.8. The van der Waals surface area contributed by atoms with Crippen LogP contribution in [0.2, 0.25) is 0 Å². The van der Waals surface area contributed by atoms with Crippen molar-refractivity contribution in [3.8, 4) is 0 Å². The first-order valence-electron chi connectivity index (χ1n) is 13.2. The average molecular weight is 554 g/mol. The molecule has 1 amide bonds. The van der Waals surface area contributed by atoms with Crippen LogP contribution in [0.5, 0.6) is 0 Å². The molecule has 0 saturated heterocycles. The third-order valence-corrected chi connectivity index (χ3v) is 9.62. The van der Waals surface area contributed by atoms with Gasteiger partial charge in [-0.2, -0.15) is 0 Å². The molecule has 1 aromatic carbocycles. The van der Waals surface area contributed by atoms with E-state index in [1.807, 2.05) is 6.92 Å². The van der Waals surface area contributed by atoms with Gasteiger partial charge in [-0.3, -0.25) is 4.79 Å². The van der Waals surface area contributed by atoms with Crippen LogP contribution in [0.1, 0.15) is 74.1 Å². The van der Waals surface area contributed by atoms with E-state index in [1.54, 1.807) is 11.5 Å². The van der Waals surface area contributed by atoms with Gasteiger partial charge in [0.2, 0.25) is 10.0 Å². The molecule has 0 radical (unpaired) electrons. The number of rotatable bonds is 8. The summed E-state index contributed by atoms with van der Waals surface area (Å²) in [6, 6.07) is 2.62. The molecule has 1 aliphatic heterocycles. The van der Waals surface area contributed by atoms with E-state index in [0.717, 1.165) is 44.2 Å². The van der Waals surface area contributed by atoms with E-state index in [9.17, 15) is 32.2 Å². The standard InChI is InChI=1S/C27H37F2N3O5S/c1-16-8-9-18(14-27(3,35)15-33)23(16)31-38(36,37)25-17(2)24(32-12-6-4-5-7-22(25)32)26(34)30-19-10-11-20(28)21(29)13-19/h10-11,13,16,18,23,31,33,35H,4-9,12,14-15H2,1-3H3,(H,30,34). The SMILES string of the molecule is Cc1c(S(=O)(=O)NC2C(C)CCC2CC(C)(O)CO)c2n(c1C(=O)Nc1ccc(F)c(F)c1)CCCCC2. The minimum atomic E-state index is -4.06. The van der Waals surface area contributed by atoms with E-state index in [4.69, 9.17) is 0 Å². The van der Waals surface area contributed by atoms with Gasteiger partial charge in [0.1, 0.15) is 10.6 Å². The Bertz CT molecular complexity index is 1310. The van der Waals surface area contributed by atoms with Crippen LogP contribution in [0.15, 0.2) is 23.1 Å². The fraction of sp³-hybridized carbons (Fsp3) is 0.593. The second-order valence-electron chi connectivity index (χ2n) is 11.1. The molecule has 1 saturated carbocycles. The number of sulfonamides is 1. The van der Waals surface area contributed by atoms with Gasteiger partial charge in [-0.05, 0) is 76.3 Å². The topological polar surface area (TPSA) is 121 Å². The molecule has 1 fully saturated rings.